The Morgan fingerprint density at radius 2 is 1.80 bits per heavy atom. The number of nitrogens with zero attached hydrogens (tertiary/aromatic N) is 3. The fraction of sp³-hybridized carbons (Fsp3) is 0.250. The first-order valence-electron chi connectivity index (χ1n) is 9.02. The van der Waals surface area contributed by atoms with Crippen molar-refractivity contribution in [1.82, 2.24) is 20.1 Å². The smallest absolute Gasteiger partial charge is 0.355 e. The highest BCUT2D eigenvalue weighted by Crippen LogP contribution is 2.37. The van der Waals surface area contributed by atoms with E-state index in [9.17, 15) is 18.0 Å². The molecule has 158 valence electrons. The summed E-state index contributed by atoms with van der Waals surface area (Å²) in [6.07, 6.45) is -2.18. The first-order valence-corrected chi connectivity index (χ1v) is 9.02. The Bertz CT molecular complexity index is 1090. The summed E-state index contributed by atoms with van der Waals surface area (Å²) in [6.45, 7) is 3.57. The van der Waals surface area contributed by atoms with Crippen molar-refractivity contribution in [2.24, 2.45) is 7.05 Å². The van der Waals surface area contributed by atoms with Gasteiger partial charge in [0.05, 0.1) is 33.9 Å². The fourth-order valence-electron chi connectivity index (χ4n) is 2.95. The van der Waals surface area contributed by atoms with Crippen LogP contribution in [0, 0.1) is 13.8 Å². The zero-order chi connectivity index (χ0) is 22.1. The van der Waals surface area contributed by atoms with Crippen molar-refractivity contribution in [2.75, 3.05) is 17.7 Å². The van der Waals surface area contributed by atoms with Crippen molar-refractivity contribution < 1.29 is 18.0 Å². The summed E-state index contributed by atoms with van der Waals surface area (Å²) in [5.41, 5.74) is 1.42. The van der Waals surface area contributed by atoms with E-state index in [-0.39, 0.29) is 22.8 Å². The normalized spacial score (nSPS) is 11.3. The quantitative estimate of drug-likeness (QED) is 0.576. The van der Waals surface area contributed by atoms with Gasteiger partial charge >= 0.3 is 6.18 Å². The molecule has 0 bridgehead atoms. The Morgan fingerprint density at radius 1 is 1.07 bits per heavy atom. The Labute approximate surface area is 171 Å². The molecule has 0 aliphatic heterocycles. The summed E-state index contributed by atoms with van der Waals surface area (Å²) in [5, 5.41) is 12.4. The molecule has 0 spiro atoms. The molecule has 0 saturated heterocycles. The van der Waals surface area contributed by atoms with Crippen LogP contribution < -0.4 is 16.0 Å². The van der Waals surface area contributed by atoms with Gasteiger partial charge in [0.15, 0.2) is 0 Å². The van der Waals surface area contributed by atoms with Crippen LogP contribution >= 0.6 is 0 Å². The number of benzene rings is 1. The molecule has 0 atom stereocenters. The molecule has 0 radical (unpaired) electrons. The van der Waals surface area contributed by atoms with Gasteiger partial charge in [-0.2, -0.15) is 18.3 Å². The van der Waals surface area contributed by atoms with E-state index in [4.69, 9.17) is 0 Å². The van der Waals surface area contributed by atoms with Crippen LogP contribution in [0.5, 0.6) is 0 Å². The summed E-state index contributed by atoms with van der Waals surface area (Å²) < 4.78 is 42.3. The fourth-order valence-corrected chi connectivity index (χ4v) is 2.95. The Kier molecular flexibility index (Phi) is 5.68. The minimum Gasteiger partial charge on any atom is -0.355 e. The first-order chi connectivity index (χ1) is 14.1. The van der Waals surface area contributed by atoms with Crippen LogP contribution in [0.25, 0.3) is 0 Å². The second-order valence-corrected chi connectivity index (χ2v) is 6.79. The molecule has 30 heavy (non-hydrogen) atoms. The molecule has 1 amide bonds. The number of pyridine rings is 1. The molecule has 0 aliphatic rings. The van der Waals surface area contributed by atoms with Crippen LogP contribution in [0.4, 0.5) is 36.1 Å². The summed E-state index contributed by atoms with van der Waals surface area (Å²) >= 11 is 0. The highest BCUT2D eigenvalue weighted by atomic mass is 19.4. The second kappa shape index (κ2) is 8.05. The van der Waals surface area contributed by atoms with Gasteiger partial charge in [0.1, 0.15) is 5.82 Å². The number of aryl methyl sites for hydroxylation is 3. The summed E-state index contributed by atoms with van der Waals surface area (Å²) in [5.74, 6) is -0.205. The number of carbonyl (C=O) groups is 1. The van der Waals surface area contributed by atoms with E-state index in [0.717, 1.165) is 11.8 Å². The van der Waals surface area contributed by atoms with Gasteiger partial charge in [0.2, 0.25) is 0 Å². The SMILES string of the molecule is CNC(=O)c1cc(C)ccc1Nc1cc(Nc2cn(C)nc2C)ncc1C(F)(F)F. The molecule has 7 nitrogen and oxygen atoms in total. The Balaban J connectivity index is 2.04. The zero-order valence-corrected chi connectivity index (χ0v) is 16.8. The topological polar surface area (TPSA) is 83.9 Å². The Morgan fingerprint density at radius 3 is 2.40 bits per heavy atom. The molecule has 2 aromatic heterocycles. The number of carbonyl (C=O) groups excluding carboxylic acids is 1. The number of amides is 1. The molecule has 3 rings (SSSR count). The predicted octanol–water partition coefficient (Wildman–Crippen LogP) is 4.30. The third kappa shape index (κ3) is 4.53. The predicted molar refractivity (Wildman–Crippen MR) is 108 cm³/mol. The lowest BCUT2D eigenvalue weighted by atomic mass is 10.1. The van der Waals surface area contributed by atoms with E-state index in [1.165, 1.54) is 13.1 Å². The monoisotopic (exact) mass is 418 g/mol. The molecule has 3 aromatic rings. The van der Waals surface area contributed by atoms with Gasteiger partial charge in [-0.15, -0.1) is 0 Å². The van der Waals surface area contributed by atoms with E-state index >= 15 is 0 Å². The molecule has 3 N–H and O–H groups in total. The number of anilines is 4. The van der Waals surface area contributed by atoms with Gasteiger partial charge in [-0.1, -0.05) is 11.6 Å². The van der Waals surface area contributed by atoms with E-state index in [1.54, 1.807) is 50.0 Å². The maximum Gasteiger partial charge on any atom is 0.419 e. The second-order valence-electron chi connectivity index (χ2n) is 6.79. The average Bonchev–Trinajstić information content (AvgIpc) is 2.98. The van der Waals surface area contributed by atoms with Crippen LogP contribution in [-0.2, 0) is 13.2 Å². The van der Waals surface area contributed by atoms with Gasteiger partial charge in [-0.3, -0.25) is 9.48 Å². The van der Waals surface area contributed by atoms with E-state index in [1.807, 2.05) is 0 Å². The highest BCUT2D eigenvalue weighted by Gasteiger charge is 2.34. The molecule has 2 heterocycles. The van der Waals surface area contributed by atoms with Crippen molar-refractivity contribution in [2.45, 2.75) is 20.0 Å². The minimum atomic E-state index is -4.63. The maximum absolute atomic E-state index is 13.6. The first kappa shape index (κ1) is 21.2. The van der Waals surface area contributed by atoms with Crippen LogP contribution in [-0.4, -0.2) is 27.7 Å². The number of hydrogen-bond acceptors (Lipinski definition) is 5. The molecule has 10 heteroatoms. The van der Waals surface area contributed by atoms with Gasteiger partial charge in [-0.25, -0.2) is 4.98 Å². The average molecular weight is 418 g/mol. The maximum atomic E-state index is 13.6. The van der Waals surface area contributed by atoms with Gasteiger partial charge < -0.3 is 16.0 Å². The number of halogens is 3. The summed E-state index contributed by atoms with van der Waals surface area (Å²) in [6, 6.07) is 6.14. The van der Waals surface area contributed by atoms with Crippen molar-refractivity contribution in [3.8, 4) is 0 Å². The molecule has 1 aromatic carbocycles. The van der Waals surface area contributed by atoms with E-state index < -0.39 is 17.6 Å². The number of nitrogens with one attached hydrogen (secondary N) is 3. The molecule has 0 unspecified atom stereocenters. The van der Waals surface area contributed by atoms with Crippen molar-refractivity contribution in [3.05, 3.63) is 59.0 Å². The van der Waals surface area contributed by atoms with Gasteiger partial charge in [-0.05, 0) is 26.0 Å². The lowest BCUT2D eigenvalue weighted by Gasteiger charge is -2.18. The third-order valence-electron chi connectivity index (χ3n) is 4.40. The van der Waals surface area contributed by atoms with Gasteiger partial charge in [0.25, 0.3) is 5.91 Å². The molecular weight excluding hydrogens is 397 g/mol. The zero-order valence-electron chi connectivity index (χ0n) is 16.8. The van der Waals surface area contributed by atoms with E-state index in [2.05, 4.69) is 26.0 Å². The van der Waals surface area contributed by atoms with Crippen LogP contribution in [0.2, 0.25) is 0 Å². The number of rotatable bonds is 5. The lowest BCUT2D eigenvalue weighted by molar-refractivity contribution is -0.137. The van der Waals surface area contributed by atoms with Crippen molar-refractivity contribution >= 4 is 28.8 Å². The Hall–Kier alpha value is -3.56. The number of hydrogen-bond donors (Lipinski definition) is 3. The van der Waals surface area contributed by atoms with Crippen LogP contribution in [0.3, 0.4) is 0 Å². The lowest BCUT2D eigenvalue weighted by Crippen LogP contribution is -2.19. The molecule has 0 aliphatic carbocycles. The largest absolute Gasteiger partial charge is 0.419 e. The van der Waals surface area contributed by atoms with Crippen LogP contribution in [0.15, 0.2) is 36.7 Å². The molecule has 0 fully saturated rings. The van der Waals surface area contributed by atoms with Gasteiger partial charge in [0, 0.05) is 32.6 Å². The van der Waals surface area contributed by atoms with Crippen LogP contribution in [0.1, 0.15) is 27.2 Å². The summed E-state index contributed by atoms with van der Waals surface area (Å²) in [7, 11) is 3.20. The number of aromatic nitrogens is 3. The third-order valence-corrected chi connectivity index (χ3v) is 4.40. The summed E-state index contributed by atoms with van der Waals surface area (Å²) in [4.78, 5) is 16.1. The molecule has 0 saturated carbocycles. The minimum absolute atomic E-state index is 0.204. The van der Waals surface area contributed by atoms with Crippen molar-refractivity contribution in [3.63, 3.8) is 0 Å². The highest BCUT2D eigenvalue weighted by molar-refractivity contribution is 6.00. The standard InChI is InChI=1S/C20H21F3N6O/c1-11-5-6-15(13(7-11)19(30)24-3)26-16-8-18(25-9-14(16)20(21,22)23)27-17-10-29(4)28-12(17)2/h5-10H,1-4H3,(H,24,30)(H2,25,26,27). The van der Waals surface area contributed by atoms with Crippen molar-refractivity contribution in [1.29, 1.82) is 0 Å². The number of alkyl halides is 3. The van der Waals surface area contributed by atoms with E-state index in [0.29, 0.717) is 11.4 Å². The molecular formula is C20H21F3N6O.